The Morgan fingerprint density at radius 1 is 1.33 bits per heavy atom. The third-order valence-electron chi connectivity index (χ3n) is 2.41. The molecule has 1 heterocycles. The average molecular weight is 273 g/mol. The third kappa shape index (κ3) is 3.86. The van der Waals surface area contributed by atoms with E-state index in [1.165, 1.54) is 11.3 Å². The first kappa shape index (κ1) is 14.7. The average Bonchev–Trinajstić information content (AvgIpc) is 2.71. The number of methoxy groups -OCH3 is 2. The van der Waals surface area contributed by atoms with E-state index in [9.17, 15) is 4.79 Å². The van der Waals surface area contributed by atoms with Crippen LogP contribution in [0.1, 0.15) is 9.67 Å². The summed E-state index contributed by atoms with van der Waals surface area (Å²) in [7, 11) is 3.29. The first-order chi connectivity index (χ1) is 8.60. The molecule has 0 aliphatic rings. The van der Waals surface area contributed by atoms with Crippen molar-refractivity contribution in [3.63, 3.8) is 0 Å². The Morgan fingerprint density at radius 2 is 1.89 bits per heavy atom. The number of anilines is 2. The number of thiophene rings is 1. The van der Waals surface area contributed by atoms with Gasteiger partial charge in [0.1, 0.15) is 4.88 Å². The molecule has 1 aromatic heterocycles. The fourth-order valence-electron chi connectivity index (χ4n) is 1.48. The van der Waals surface area contributed by atoms with Gasteiger partial charge in [0.25, 0.3) is 5.91 Å². The number of nitrogens with two attached hydrogens (primary N) is 2. The number of nitrogen functional groups attached to an aromatic ring is 1. The number of ether oxygens (including phenoxy) is 2. The molecule has 0 aromatic carbocycles. The lowest BCUT2D eigenvalue weighted by Crippen LogP contribution is -2.29. The quantitative estimate of drug-likeness (QED) is 0.721. The van der Waals surface area contributed by atoms with Gasteiger partial charge in [-0.3, -0.25) is 4.79 Å². The molecule has 0 atom stereocenters. The number of hydrogen-bond donors (Lipinski definition) is 2. The van der Waals surface area contributed by atoms with Gasteiger partial charge in [0.15, 0.2) is 0 Å². The van der Waals surface area contributed by atoms with Crippen molar-refractivity contribution in [1.82, 2.24) is 0 Å². The van der Waals surface area contributed by atoms with Gasteiger partial charge in [0.2, 0.25) is 0 Å². The fraction of sp³-hybridized carbons (Fsp3) is 0.545. The first-order valence-corrected chi connectivity index (χ1v) is 6.33. The molecule has 0 spiro atoms. The van der Waals surface area contributed by atoms with Crippen molar-refractivity contribution in [3.05, 3.63) is 10.9 Å². The summed E-state index contributed by atoms with van der Waals surface area (Å²) >= 11 is 1.29. The van der Waals surface area contributed by atoms with Gasteiger partial charge in [-0.25, -0.2) is 0 Å². The van der Waals surface area contributed by atoms with Crippen molar-refractivity contribution in [3.8, 4) is 0 Å². The number of nitrogens with zero attached hydrogens (tertiary/aromatic N) is 1. The van der Waals surface area contributed by atoms with Crippen LogP contribution in [0.4, 0.5) is 10.7 Å². The molecule has 102 valence electrons. The van der Waals surface area contributed by atoms with Crippen molar-refractivity contribution < 1.29 is 14.3 Å². The van der Waals surface area contributed by atoms with E-state index in [1.54, 1.807) is 20.3 Å². The first-order valence-electron chi connectivity index (χ1n) is 5.52. The van der Waals surface area contributed by atoms with Gasteiger partial charge in [-0.1, -0.05) is 0 Å². The lowest BCUT2D eigenvalue weighted by Gasteiger charge is -2.22. The molecule has 6 nitrogen and oxygen atoms in total. The molecule has 18 heavy (non-hydrogen) atoms. The van der Waals surface area contributed by atoms with Gasteiger partial charge < -0.3 is 25.8 Å². The Kier molecular flexibility index (Phi) is 5.90. The van der Waals surface area contributed by atoms with Crippen LogP contribution in [0.5, 0.6) is 0 Å². The highest BCUT2D eigenvalue weighted by molar-refractivity contribution is 7.18. The molecule has 7 heteroatoms. The summed E-state index contributed by atoms with van der Waals surface area (Å²) in [6, 6.07) is 1.76. The van der Waals surface area contributed by atoms with Gasteiger partial charge in [-0.2, -0.15) is 0 Å². The van der Waals surface area contributed by atoms with E-state index < -0.39 is 5.91 Å². The van der Waals surface area contributed by atoms with Gasteiger partial charge in [0, 0.05) is 27.3 Å². The highest BCUT2D eigenvalue weighted by Gasteiger charge is 2.15. The lowest BCUT2D eigenvalue weighted by molar-refractivity contribution is 0.100. The summed E-state index contributed by atoms with van der Waals surface area (Å²) in [6.07, 6.45) is 0. The Labute approximate surface area is 110 Å². The smallest absolute Gasteiger partial charge is 0.260 e. The van der Waals surface area contributed by atoms with Crippen molar-refractivity contribution in [1.29, 1.82) is 0 Å². The SMILES string of the molecule is COCCN(CCOC)c1cc(N)c(C(N)=O)s1. The summed E-state index contributed by atoms with van der Waals surface area (Å²) < 4.78 is 10.1. The van der Waals surface area contributed by atoms with E-state index in [0.29, 0.717) is 36.9 Å². The summed E-state index contributed by atoms with van der Waals surface area (Å²) in [4.78, 5) is 13.6. The predicted octanol–water partition coefficient (Wildman–Crippen LogP) is 0.528. The monoisotopic (exact) mass is 273 g/mol. The molecule has 0 saturated heterocycles. The normalized spacial score (nSPS) is 10.6. The number of amides is 1. The molecule has 0 aliphatic carbocycles. The number of carbonyl (C=O) groups excluding carboxylic acids is 1. The van der Waals surface area contributed by atoms with Gasteiger partial charge in [0.05, 0.1) is 23.9 Å². The highest BCUT2D eigenvalue weighted by Crippen LogP contribution is 2.31. The van der Waals surface area contributed by atoms with Crippen LogP contribution in [-0.2, 0) is 9.47 Å². The zero-order valence-corrected chi connectivity index (χ0v) is 11.5. The van der Waals surface area contributed by atoms with Crippen molar-refractivity contribution in [2.75, 3.05) is 51.2 Å². The van der Waals surface area contributed by atoms with Crippen LogP contribution in [-0.4, -0.2) is 46.4 Å². The molecule has 0 saturated carbocycles. The summed E-state index contributed by atoms with van der Waals surface area (Å²) in [5.74, 6) is -0.498. The second-order valence-corrected chi connectivity index (χ2v) is 4.74. The Morgan fingerprint density at radius 3 is 2.28 bits per heavy atom. The van der Waals surface area contributed by atoms with Crippen LogP contribution in [0.3, 0.4) is 0 Å². The number of primary amides is 1. The van der Waals surface area contributed by atoms with Crippen molar-refractivity contribution in [2.45, 2.75) is 0 Å². The van der Waals surface area contributed by atoms with E-state index in [4.69, 9.17) is 20.9 Å². The molecule has 0 radical (unpaired) electrons. The van der Waals surface area contributed by atoms with Gasteiger partial charge in [-0.15, -0.1) is 11.3 Å². The van der Waals surface area contributed by atoms with Gasteiger partial charge in [-0.05, 0) is 6.07 Å². The molecule has 4 N–H and O–H groups in total. The largest absolute Gasteiger partial charge is 0.397 e. The van der Waals surface area contributed by atoms with Crippen LogP contribution >= 0.6 is 11.3 Å². The van der Waals surface area contributed by atoms with E-state index in [0.717, 1.165) is 5.00 Å². The molecule has 0 bridgehead atoms. The molecular weight excluding hydrogens is 254 g/mol. The van der Waals surface area contributed by atoms with Crippen molar-refractivity contribution >= 4 is 27.9 Å². The summed E-state index contributed by atoms with van der Waals surface area (Å²) in [6.45, 7) is 2.59. The zero-order valence-electron chi connectivity index (χ0n) is 10.6. The lowest BCUT2D eigenvalue weighted by atomic mass is 10.3. The summed E-state index contributed by atoms with van der Waals surface area (Å²) in [5, 5.41) is 0.899. The van der Waals surface area contributed by atoms with E-state index >= 15 is 0 Å². The molecule has 1 rings (SSSR count). The minimum atomic E-state index is -0.498. The molecule has 0 aliphatic heterocycles. The third-order valence-corrected chi connectivity index (χ3v) is 3.64. The number of carbonyl (C=O) groups is 1. The maximum atomic E-state index is 11.2. The predicted molar refractivity (Wildman–Crippen MR) is 73.2 cm³/mol. The maximum absolute atomic E-state index is 11.2. The fourth-order valence-corrected chi connectivity index (χ4v) is 2.46. The van der Waals surface area contributed by atoms with Crippen LogP contribution in [0, 0.1) is 0 Å². The van der Waals surface area contributed by atoms with Gasteiger partial charge >= 0.3 is 0 Å². The van der Waals surface area contributed by atoms with E-state index in [2.05, 4.69) is 4.90 Å². The van der Waals surface area contributed by atoms with E-state index in [1.807, 2.05) is 0 Å². The minimum absolute atomic E-state index is 0.393. The number of hydrogen-bond acceptors (Lipinski definition) is 6. The second-order valence-electron chi connectivity index (χ2n) is 3.71. The zero-order chi connectivity index (χ0) is 13.5. The molecular formula is C11H19N3O3S. The van der Waals surface area contributed by atoms with Crippen LogP contribution in [0.25, 0.3) is 0 Å². The second kappa shape index (κ2) is 7.20. The Hall–Kier alpha value is -1.31. The standard InChI is InChI=1S/C11H19N3O3S/c1-16-5-3-14(4-6-17-2)9-7-8(12)10(18-9)11(13)15/h7H,3-6,12H2,1-2H3,(H2,13,15). The topological polar surface area (TPSA) is 90.8 Å². The Balaban J connectivity index is 2.83. The Bertz CT molecular complexity index is 387. The number of rotatable bonds is 8. The minimum Gasteiger partial charge on any atom is -0.397 e. The van der Waals surface area contributed by atoms with Crippen LogP contribution in [0.2, 0.25) is 0 Å². The summed E-state index contributed by atoms with van der Waals surface area (Å²) in [5.41, 5.74) is 11.4. The van der Waals surface area contributed by atoms with Crippen LogP contribution in [0.15, 0.2) is 6.07 Å². The highest BCUT2D eigenvalue weighted by atomic mass is 32.1. The van der Waals surface area contributed by atoms with Crippen molar-refractivity contribution in [2.24, 2.45) is 5.73 Å². The molecule has 0 fully saturated rings. The van der Waals surface area contributed by atoms with Crippen LogP contribution < -0.4 is 16.4 Å². The molecule has 1 aromatic rings. The maximum Gasteiger partial charge on any atom is 0.260 e. The molecule has 1 amide bonds. The van der Waals surface area contributed by atoms with E-state index in [-0.39, 0.29) is 0 Å². The molecule has 0 unspecified atom stereocenters.